The first-order chi connectivity index (χ1) is 20.7. The summed E-state index contributed by atoms with van der Waals surface area (Å²) in [6, 6.07) is -1.17. The highest BCUT2D eigenvalue weighted by molar-refractivity contribution is 7.85. The first-order valence-corrected chi connectivity index (χ1v) is 19.2. The van der Waals surface area contributed by atoms with Gasteiger partial charge in [-0.1, -0.05) is 160 Å². The van der Waals surface area contributed by atoms with Crippen molar-refractivity contribution in [3.8, 4) is 0 Å². The maximum atomic E-state index is 12.5. The lowest BCUT2D eigenvalue weighted by atomic mass is 10.0. The number of unbranched alkanes of at least 4 members (excludes halogenated alkanes) is 19. The molecule has 0 aliphatic rings. The van der Waals surface area contributed by atoms with Crippen LogP contribution in [0.1, 0.15) is 168 Å². The minimum absolute atomic E-state index is 0.0880. The van der Waals surface area contributed by atoms with Crippen LogP contribution in [0.4, 0.5) is 0 Å². The second-order valence-corrected chi connectivity index (χ2v) is 13.8. The van der Waals surface area contributed by atoms with Gasteiger partial charge in [-0.25, -0.2) is 0 Å². The normalized spacial score (nSPS) is 14.4. The Morgan fingerprint density at radius 1 is 0.651 bits per heavy atom. The Hall–Kier alpha value is -1.22. The molecule has 7 nitrogen and oxygen atoms in total. The molecule has 0 aromatic rings. The lowest BCUT2D eigenvalue weighted by molar-refractivity contribution is -0.130. The quantitative estimate of drug-likeness (QED) is 0.0346. The molecule has 0 spiro atoms. The van der Waals surface area contributed by atoms with Crippen molar-refractivity contribution < 1.29 is 28.0 Å². The lowest BCUT2D eigenvalue weighted by Crippen LogP contribution is -2.50. The Kier molecular flexibility index (Phi) is 28.7. The van der Waals surface area contributed by atoms with Crippen LogP contribution in [0.25, 0.3) is 0 Å². The van der Waals surface area contributed by atoms with Gasteiger partial charge in [0.2, 0.25) is 5.91 Å². The van der Waals surface area contributed by atoms with Crippen molar-refractivity contribution in [3.05, 3.63) is 24.3 Å². The van der Waals surface area contributed by atoms with E-state index in [1.165, 1.54) is 103 Å². The summed E-state index contributed by atoms with van der Waals surface area (Å²) in [6.45, 7) is 4.46. The maximum absolute atomic E-state index is 12.5. The predicted octanol–water partition coefficient (Wildman–Crippen LogP) is 8.60. The van der Waals surface area contributed by atoms with Gasteiger partial charge in [0.25, 0.3) is 10.1 Å². The van der Waals surface area contributed by atoms with Gasteiger partial charge < -0.3 is 15.5 Å². The average molecular weight is 630 g/mol. The van der Waals surface area contributed by atoms with E-state index in [1.54, 1.807) is 6.08 Å². The van der Waals surface area contributed by atoms with Crippen LogP contribution in [0, 0.1) is 0 Å². The van der Waals surface area contributed by atoms with E-state index in [9.17, 15) is 28.0 Å². The monoisotopic (exact) mass is 629 g/mol. The Labute approximate surface area is 265 Å². The van der Waals surface area contributed by atoms with Crippen LogP contribution in [0.15, 0.2) is 24.3 Å². The van der Waals surface area contributed by atoms with Crippen molar-refractivity contribution in [2.45, 2.75) is 186 Å². The van der Waals surface area contributed by atoms with E-state index in [1.807, 2.05) is 6.08 Å². The molecule has 0 saturated heterocycles. The largest absolute Gasteiger partial charge is 0.391 e. The number of aliphatic hydroxyl groups is 2. The molecule has 43 heavy (non-hydrogen) atoms. The van der Waals surface area contributed by atoms with E-state index in [-0.39, 0.29) is 6.42 Å². The van der Waals surface area contributed by atoms with Gasteiger partial charge in [-0.05, 0) is 25.7 Å². The highest BCUT2D eigenvalue weighted by Crippen LogP contribution is 2.15. The van der Waals surface area contributed by atoms with Crippen LogP contribution in [0.5, 0.6) is 0 Å². The first kappa shape index (κ1) is 41.8. The number of amides is 1. The summed E-state index contributed by atoms with van der Waals surface area (Å²) in [4.78, 5) is 12.5. The van der Waals surface area contributed by atoms with Crippen molar-refractivity contribution >= 4 is 16.0 Å². The van der Waals surface area contributed by atoms with E-state index in [0.29, 0.717) is 19.3 Å². The third kappa shape index (κ3) is 29.3. The molecular formula is C35H67NO6S. The summed E-state index contributed by atoms with van der Waals surface area (Å²) in [6.07, 6.45) is 32.1. The number of allylic oxidation sites excluding steroid dienone is 3. The van der Waals surface area contributed by atoms with Crippen molar-refractivity contribution in [2.75, 3.05) is 5.75 Å². The second-order valence-electron chi connectivity index (χ2n) is 12.3. The number of carbonyl (C=O) groups is 1. The minimum atomic E-state index is -4.42. The lowest BCUT2D eigenvalue weighted by Gasteiger charge is -2.24. The van der Waals surface area contributed by atoms with Gasteiger partial charge in [0, 0.05) is 6.42 Å². The molecule has 4 N–H and O–H groups in total. The van der Waals surface area contributed by atoms with Crippen molar-refractivity contribution in [2.24, 2.45) is 0 Å². The molecule has 0 aromatic carbocycles. The zero-order valence-electron chi connectivity index (χ0n) is 27.7. The van der Waals surface area contributed by atoms with Crippen LogP contribution in [0.3, 0.4) is 0 Å². The Balaban J connectivity index is 4.18. The van der Waals surface area contributed by atoms with E-state index < -0.39 is 40.0 Å². The molecule has 3 unspecified atom stereocenters. The number of nitrogens with one attached hydrogen (secondary N) is 1. The standard InChI is InChI=1S/C35H67NO6S/c1-3-5-7-9-11-13-15-17-18-20-21-23-25-27-29-33(37)32(31-43(40,41)42)36-35(39)34(38)30-28-26-24-22-19-16-14-12-10-8-6-4-2/h19,22,26,28,32-34,37-38H,3-18,20-21,23-25,27,29-31H2,1-2H3,(H,36,39)(H,40,41,42)/b22-19-,28-26-. The molecule has 3 atom stereocenters. The van der Waals surface area contributed by atoms with Crippen LogP contribution >= 0.6 is 0 Å². The van der Waals surface area contributed by atoms with Crippen molar-refractivity contribution in [3.63, 3.8) is 0 Å². The molecule has 1 amide bonds. The molecule has 0 aliphatic carbocycles. The van der Waals surface area contributed by atoms with Crippen LogP contribution in [-0.2, 0) is 14.9 Å². The van der Waals surface area contributed by atoms with E-state index in [4.69, 9.17) is 0 Å². The summed E-state index contributed by atoms with van der Waals surface area (Å²) in [5.74, 6) is -1.54. The van der Waals surface area contributed by atoms with E-state index in [2.05, 4.69) is 31.3 Å². The number of aliphatic hydroxyl groups excluding tert-OH is 2. The van der Waals surface area contributed by atoms with Crippen LogP contribution in [0.2, 0.25) is 0 Å². The topological polar surface area (TPSA) is 124 Å². The number of hydrogen-bond acceptors (Lipinski definition) is 5. The van der Waals surface area contributed by atoms with Crippen molar-refractivity contribution in [1.82, 2.24) is 5.32 Å². The van der Waals surface area contributed by atoms with Gasteiger partial charge >= 0.3 is 0 Å². The Bertz CT molecular complexity index is 798. The number of carbonyl (C=O) groups excluding carboxylic acids is 1. The third-order valence-corrected chi connectivity index (χ3v) is 8.81. The predicted molar refractivity (Wildman–Crippen MR) is 181 cm³/mol. The highest BCUT2D eigenvalue weighted by atomic mass is 32.2. The van der Waals surface area contributed by atoms with Crippen LogP contribution in [-0.4, -0.2) is 53.1 Å². The van der Waals surface area contributed by atoms with Crippen molar-refractivity contribution in [1.29, 1.82) is 0 Å². The van der Waals surface area contributed by atoms with Gasteiger partial charge in [0.05, 0.1) is 17.9 Å². The summed E-state index contributed by atoms with van der Waals surface area (Å²) >= 11 is 0. The smallest absolute Gasteiger partial charge is 0.266 e. The van der Waals surface area contributed by atoms with Gasteiger partial charge in [-0.2, -0.15) is 8.42 Å². The molecule has 254 valence electrons. The van der Waals surface area contributed by atoms with E-state index in [0.717, 1.165) is 25.7 Å². The summed E-state index contributed by atoms with van der Waals surface area (Å²) in [5.41, 5.74) is 0. The fourth-order valence-electron chi connectivity index (χ4n) is 5.27. The Morgan fingerprint density at radius 3 is 1.58 bits per heavy atom. The fraction of sp³-hybridized carbons (Fsp3) is 0.857. The highest BCUT2D eigenvalue weighted by Gasteiger charge is 2.28. The molecule has 0 aliphatic heterocycles. The van der Waals surface area contributed by atoms with Gasteiger partial charge in [-0.15, -0.1) is 0 Å². The Morgan fingerprint density at radius 2 is 1.09 bits per heavy atom. The van der Waals surface area contributed by atoms with Gasteiger partial charge in [0.15, 0.2) is 0 Å². The zero-order chi connectivity index (χ0) is 32.0. The maximum Gasteiger partial charge on any atom is 0.266 e. The van der Waals surface area contributed by atoms with Crippen LogP contribution < -0.4 is 5.32 Å². The summed E-state index contributed by atoms with van der Waals surface area (Å²) in [7, 11) is -4.42. The second kappa shape index (κ2) is 29.5. The first-order valence-electron chi connectivity index (χ1n) is 17.6. The number of hydrogen-bond donors (Lipinski definition) is 4. The molecule has 0 fully saturated rings. The molecule has 8 heteroatoms. The molecule has 0 rings (SSSR count). The van der Waals surface area contributed by atoms with E-state index >= 15 is 0 Å². The molecule has 0 heterocycles. The molecule has 0 radical (unpaired) electrons. The average Bonchev–Trinajstić information content (AvgIpc) is 2.96. The molecule has 0 bridgehead atoms. The fourth-order valence-corrected chi connectivity index (χ4v) is 6.03. The molecule has 0 aromatic heterocycles. The summed E-state index contributed by atoms with van der Waals surface area (Å²) < 4.78 is 32.4. The third-order valence-electron chi connectivity index (χ3n) is 8.03. The molecular weight excluding hydrogens is 562 g/mol. The zero-order valence-corrected chi connectivity index (χ0v) is 28.5. The number of rotatable bonds is 31. The van der Waals surface area contributed by atoms with Gasteiger partial charge in [0.1, 0.15) is 6.10 Å². The SMILES string of the molecule is CCCCCCCC/C=C\C/C=C\CC(O)C(=O)NC(CS(=O)(=O)O)C(O)CCCCCCCCCCCCCCCC. The van der Waals surface area contributed by atoms with Gasteiger partial charge in [-0.3, -0.25) is 9.35 Å². The summed E-state index contributed by atoms with van der Waals surface area (Å²) in [5, 5.41) is 23.3. The minimum Gasteiger partial charge on any atom is -0.391 e. The molecule has 0 saturated carbocycles.